The van der Waals surface area contributed by atoms with E-state index in [0.717, 1.165) is 44.8 Å². The maximum Gasteiger partial charge on any atom is 0.129 e. The van der Waals surface area contributed by atoms with Crippen LogP contribution < -0.4 is 14.8 Å². The third-order valence-corrected chi connectivity index (χ3v) is 6.19. The minimum atomic E-state index is -0.338. The number of halogens is 2. The number of rotatable bonds is 5. The van der Waals surface area contributed by atoms with Crippen LogP contribution in [0.2, 0.25) is 5.02 Å². The average molecular weight is 452 g/mol. The number of benzene rings is 3. The van der Waals surface area contributed by atoms with Gasteiger partial charge < -0.3 is 14.8 Å². The lowest BCUT2D eigenvalue weighted by Gasteiger charge is -2.33. The van der Waals surface area contributed by atoms with E-state index < -0.39 is 0 Å². The minimum absolute atomic E-state index is 0.159. The van der Waals surface area contributed by atoms with E-state index in [1.54, 1.807) is 13.2 Å². The van der Waals surface area contributed by atoms with Gasteiger partial charge in [-0.05, 0) is 69.2 Å². The zero-order chi connectivity index (χ0) is 23.0. The molecule has 0 bridgehead atoms. The van der Waals surface area contributed by atoms with Crippen molar-refractivity contribution in [1.29, 1.82) is 0 Å². The van der Waals surface area contributed by atoms with Crippen LogP contribution in [0.3, 0.4) is 0 Å². The standard InChI is InChI=1S/C27H27ClFNO2/c1-16-14-27(3,4)30-23-12-11-19(20-10-9-18(29)13-25(20)31-5)21(26(16)23)15-32-24-8-6-7-22(28)17(24)2/h6-14,30H,15H2,1-5H3. The Morgan fingerprint density at radius 3 is 2.50 bits per heavy atom. The van der Waals surface area contributed by atoms with Gasteiger partial charge >= 0.3 is 0 Å². The SMILES string of the molecule is COc1cc(F)ccc1-c1ccc2c(c1COc1cccc(Cl)c1C)C(C)=CC(C)(C)N2. The van der Waals surface area contributed by atoms with Gasteiger partial charge in [-0.3, -0.25) is 0 Å². The number of ether oxygens (including phenoxy) is 2. The van der Waals surface area contributed by atoms with Crippen LogP contribution in [-0.2, 0) is 6.61 Å². The summed E-state index contributed by atoms with van der Waals surface area (Å²) in [7, 11) is 1.55. The Kier molecular flexibility index (Phi) is 5.91. The van der Waals surface area contributed by atoms with Gasteiger partial charge in [0, 0.05) is 39.0 Å². The normalized spacial score (nSPS) is 14.3. The van der Waals surface area contributed by atoms with Gasteiger partial charge in [0.25, 0.3) is 0 Å². The zero-order valence-electron chi connectivity index (χ0n) is 19.0. The van der Waals surface area contributed by atoms with Crippen molar-refractivity contribution < 1.29 is 13.9 Å². The van der Waals surface area contributed by atoms with Gasteiger partial charge in [0.2, 0.25) is 0 Å². The number of methoxy groups -OCH3 is 1. The van der Waals surface area contributed by atoms with Crippen molar-refractivity contribution in [3.63, 3.8) is 0 Å². The second-order valence-corrected chi connectivity index (χ2v) is 9.09. The average Bonchev–Trinajstić information content (AvgIpc) is 2.73. The Hall–Kier alpha value is -2.98. The number of hydrogen-bond acceptors (Lipinski definition) is 3. The van der Waals surface area contributed by atoms with Crippen LogP contribution in [0.25, 0.3) is 16.7 Å². The van der Waals surface area contributed by atoms with Crippen LogP contribution in [0.5, 0.6) is 11.5 Å². The lowest BCUT2D eigenvalue weighted by molar-refractivity contribution is 0.304. The molecule has 3 aromatic carbocycles. The molecule has 0 aliphatic carbocycles. The van der Waals surface area contributed by atoms with E-state index in [0.29, 0.717) is 17.4 Å². The minimum Gasteiger partial charge on any atom is -0.496 e. The van der Waals surface area contributed by atoms with Gasteiger partial charge in [0.1, 0.15) is 23.9 Å². The van der Waals surface area contributed by atoms with Crippen molar-refractivity contribution in [3.8, 4) is 22.6 Å². The number of nitrogens with one attached hydrogen (secondary N) is 1. The van der Waals surface area contributed by atoms with Crippen molar-refractivity contribution in [2.24, 2.45) is 0 Å². The second kappa shape index (κ2) is 8.51. The molecule has 3 aromatic rings. The first-order chi connectivity index (χ1) is 15.2. The molecule has 1 heterocycles. The third-order valence-electron chi connectivity index (χ3n) is 5.79. The molecule has 0 aromatic heterocycles. The summed E-state index contributed by atoms with van der Waals surface area (Å²) in [5, 5.41) is 4.26. The first-order valence-electron chi connectivity index (χ1n) is 10.6. The molecule has 0 atom stereocenters. The molecule has 0 unspecified atom stereocenters. The fraction of sp³-hybridized carbons (Fsp3) is 0.259. The van der Waals surface area contributed by atoms with E-state index in [4.69, 9.17) is 21.1 Å². The summed E-state index contributed by atoms with van der Waals surface area (Å²) in [6.07, 6.45) is 2.22. The number of fused-ring (bicyclic) bond motifs is 1. The van der Waals surface area contributed by atoms with E-state index in [-0.39, 0.29) is 11.4 Å². The van der Waals surface area contributed by atoms with Crippen LogP contribution in [-0.4, -0.2) is 12.6 Å². The molecule has 0 radical (unpaired) electrons. The second-order valence-electron chi connectivity index (χ2n) is 8.68. The summed E-state index contributed by atoms with van der Waals surface area (Å²) in [6, 6.07) is 14.4. The smallest absolute Gasteiger partial charge is 0.129 e. The molecular formula is C27H27ClFNO2. The van der Waals surface area contributed by atoms with Crippen molar-refractivity contribution in [1.82, 2.24) is 0 Å². The Labute approximate surface area is 193 Å². The monoisotopic (exact) mass is 451 g/mol. The van der Waals surface area contributed by atoms with Gasteiger partial charge in [-0.25, -0.2) is 4.39 Å². The van der Waals surface area contributed by atoms with Crippen LogP contribution in [0.15, 0.2) is 54.6 Å². The lowest BCUT2D eigenvalue weighted by Crippen LogP contribution is -2.32. The van der Waals surface area contributed by atoms with Crippen LogP contribution in [0.1, 0.15) is 37.5 Å². The third kappa shape index (κ3) is 4.20. The fourth-order valence-corrected chi connectivity index (χ4v) is 4.55. The highest BCUT2D eigenvalue weighted by molar-refractivity contribution is 6.31. The van der Waals surface area contributed by atoms with Gasteiger partial charge in [0.15, 0.2) is 0 Å². The van der Waals surface area contributed by atoms with Crippen molar-refractivity contribution >= 4 is 22.9 Å². The predicted octanol–water partition coefficient (Wildman–Crippen LogP) is 7.65. The Morgan fingerprint density at radius 2 is 1.75 bits per heavy atom. The van der Waals surface area contributed by atoms with Gasteiger partial charge in [0.05, 0.1) is 12.6 Å². The highest BCUT2D eigenvalue weighted by atomic mass is 35.5. The van der Waals surface area contributed by atoms with Crippen LogP contribution in [0, 0.1) is 12.7 Å². The Bertz CT molecular complexity index is 1220. The van der Waals surface area contributed by atoms with Gasteiger partial charge in [-0.15, -0.1) is 0 Å². The van der Waals surface area contributed by atoms with E-state index >= 15 is 0 Å². The summed E-state index contributed by atoms with van der Waals surface area (Å²) in [4.78, 5) is 0. The molecule has 3 nitrogen and oxygen atoms in total. The number of hydrogen-bond donors (Lipinski definition) is 1. The molecule has 166 valence electrons. The largest absolute Gasteiger partial charge is 0.496 e. The molecule has 4 rings (SSSR count). The molecule has 5 heteroatoms. The first kappa shape index (κ1) is 22.2. The topological polar surface area (TPSA) is 30.5 Å². The first-order valence-corrected chi connectivity index (χ1v) is 10.9. The zero-order valence-corrected chi connectivity index (χ0v) is 19.7. The summed E-state index contributed by atoms with van der Waals surface area (Å²) < 4.78 is 25.7. The molecule has 1 aliphatic heterocycles. The molecule has 1 aliphatic rings. The van der Waals surface area contributed by atoms with E-state index in [9.17, 15) is 4.39 Å². The maximum atomic E-state index is 13.9. The van der Waals surface area contributed by atoms with E-state index in [1.165, 1.54) is 12.1 Å². The molecule has 0 saturated heterocycles. The summed E-state index contributed by atoms with van der Waals surface area (Å²) >= 11 is 6.30. The predicted molar refractivity (Wildman–Crippen MR) is 130 cm³/mol. The van der Waals surface area contributed by atoms with Gasteiger partial charge in [-0.2, -0.15) is 0 Å². The number of allylic oxidation sites excluding steroid dienone is 1. The highest BCUT2D eigenvalue weighted by Gasteiger charge is 2.27. The Morgan fingerprint density at radius 1 is 1.00 bits per heavy atom. The molecule has 0 fully saturated rings. The molecular weight excluding hydrogens is 425 g/mol. The maximum absolute atomic E-state index is 13.9. The number of anilines is 1. The quantitative estimate of drug-likeness (QED) is 0.432. The van der Waals surface area contributed by atoms with Crippen LogP contribution >= 0.6 is 11.6 Å². The van der Waals surface area contributed by atoms with E-state index in [2.05, 4.69) is 38.2 Å². The van der Waals surface area contributed by atoms with Crippen molar-refractivity contribution in [2.45, 2.75) is 39.8 Å². The van der Waals surface area contributed by atoms with Gasteiger partial charge in [-0.1, -0.05) is 29.8 Å². The molecule has 0 amide bonds. The molecule has 0 spiro atoms. The molecule has 0 saturated carbocycles. The molecule has 32 heavy (non-hydrogen) atoms. The fourth-order valence-electron chi connectivity index (χ4n) is 4.38. The van der Waals surface area contributed by atoms with E-state index in [1.807, 2.05) is 31.2 Å². The summed E-state index contributed by atoms with van der Waals surface area (Å²) in [5.74, 6) is 0.879. The van der Waals surface area contributed by atoms with Crippen molar-refractivity contribution in [3.05, 3.63) is 82.1 Å². The Balaban J connectivity index is 1.88. The van der Waals surface area contributed by atoms with Crippen molar-refractivity contribution in [2.75, 3.05) is 12.4 Å². The lowest BCUT2D eigenvalue weighted by atomic mass is 9.85. The summed E-state index contributed by atoms with van der Waals surface area (Å²) in [5.41, 5.74) is 6.79. The van der Waals surface area contributed by atoms with Crippen LogP contribution in [0.4, 0.5) is 10.1 Å². The summed E-state index contributed by atoms with van der Waals surface area (Å²) in [6.45, 7) is 8.66. The molecule has 1 N–H and O–H groups in total. The highest BCUT2D eigenvalue weighted by Crippen LogP contribution is 2.43.